The van der Waals surface area contributed by atoms with E-state index >= 15 is 0 Å². The van der Waals surface area contributed by atoms with Gasteiger partial charge in [0.05, 0.1) is 0 Å². The average Bonchev–Trinajstić information content (AvgIpc) is 2.66. The highest BCUT2D eigenvalue weighted by molar-refractivity contribution is 5.93. The van der Waals surface area contributed by atoms with Crippen molar-refractivity contribution < 1.29 is 4.79 Å². The average molecular weight is 354 g/mol. The molecular weight excluding hydrogens is 328 g/mol. The SMILES string of the molecule is Cc1cc(=O)c(C(=O)NCC(C)N2CCN(c3ccccc3)CC2)c[nH]1. The molecule has 0 saturated carbocycles. The molecule has 1 aromatic carbocycles. The van der Waals surface area contributed by atoms with Crippen LogP contribution in [-0.4, -0.2) is 54.6 Å². The van der Waals surface area contributed by atoms with Crippen molar-refractivity contribution in [1.82, 2.24) is 15.2 Å². The molecule has 1 atom stereocenters. The quantitative estimate of drug-likeness (QED) is 0.856. The molecule has 26 heavy (non-hydrogen) atoms. The van der Waals surface area contributed by atoms with Crippen molar-refractivity contribution in [3.63, 3.8) is 0 Å². The van der Waals surface area contributed by atoms with Gasteiger partial charge in [-0.2, -0.15) is 0 Å². The molecule has 6 nitrogen and oxygen atoms in total. The lowest BCUT2D eigenvalue weighted by molar-refractivity contribution is 0.0933. The third-order valence-electron chi connectivity index (χ3n) is 4.92. The van der Waals surface area contributed by atoms with Gasteiger partial charge in [-0.25, -0.2) is 0 Å². The number of carbonyl (C=O) groups is 1. The lowest BCUT2D eigenvalue weighted by Gasteiger charge is -2.39. The highest BCUT2D eigenvalue weighted by atomic mass is 16.2. The number of hydrogen-bond acceptors (Lipinski definition) is 4. The zero-order valence-corrected chi connectivity index (χ0v) is 15.4. The van der Waals surface area contributed by atoms with Gasteiger partial charge in [0.2, 0.25) is 0 Å². The molecular formula is C20H26N4O2. The molecule has 0 radical (unpaired) electrons. The molecule has 2 N–H and O–H groups in total. The van der Waals surface area contributed by atoms with Crippen molar-refractivity contribution in [1.29, 1.82) is 0 Å². The summed E-state index contributed by atoms with van der Waals surface area (Å²) in [6.07, 6.45) is 1.48. The molecule has 1 saturated heterocycles. The monoisotopic (exact) mass is 354 g/mol. The van der Waals surface area contributed by atoms with Crippen LogP contribution in [0.25, 0.3) is 0 Å². The van der Waals surface area contributed by atoms with Crippen LogP contribution in [0.4, 0.5) is 5.69 Å². The number of aromatic amines is 1. The molecule has 0 bridgehead atoms. The van der Waals surface area contributed by atoms with Crippen molar-refractivity contribution >= 4 is 11.6 Å². The maximum absolute atomic E-state index is 12.2. The van der Waals surface area contributed by atoms with Crippen LogP contribution in [0.3, 0.4) is 0 Å². The Hall–Kier alpha value is -2.60. The number of pyridine rings is 1. The minimum absolute atomic E-state index is 0.164. The zero-order chi connectivity index (χ0) is 18.5. The molecule has 0 aliphatic carbocycles. The van der Waals surface area contributed by atoms with E-state index in [0.717, 1.165) is 31.9 Å². The Bertz CT molecular complexity index is 795. The van der Waals surface area contributed by atoms with E-state index in [1.807, 2.05) is 6.07 Å². The fraction of sp³-hybridized carbons (Fsp3) is 0.400. The second-order valence-corrected chi connectivity index (χ2v) is 6.81. The second kappa shape index (κ2) is 8.19. The van der Waals surface area contributed by atoms with E-state index < -0.39 is 0 Å². The van der Waals surface area contributed by atoms with Crippen molar-refractivity contribution in [3.05, 3.63) is 64.1 Å². The maximum atomic E-state index is 12.2. The Morgan fingerprint density at radius 3 is 2.54 bits per heavy atom. The predicted molar refractivity (Wildman–Crippen MR) is 104 cm³/mol. The van der Waals surface area contributed by atoms with Gasteiger partial charge in [-0.1, -0.05) is 18.2 Å². The number of carbonyl (C=O) groups excluding carboxylic acids is 1. The van der Waals surface area contributed by atoms with Crippen LogP contribution in [0.5, 0.6) is 0 Å². The van der Waals surface area contributed by atoms with E-state index in [-0.39, 0.29) is 22.9 Å². The topological polar surface area (TPSA) is 68.4 Å². The van der Waals surface area contributed by atoms with Crippen molar-refractivity contribution in [3.8, 4) is 0 Å². The number of para-hydroxylation sites is 1. The Morgan fingerprint density at radius 1 is 1.19 bits per heavy atom. The smallest absolute Gasteiger partial charge is 0.256 e. The fourth-order valence-electron chi connectivity index (χ4n) is 3.28. The van der Waals surface area contributed by atoms with Gasteiger partial charge in [-0.15, -0.1) is 0 Å². The van der Waals surface area contributed by atoms with Gasteiger partial charge in [-0.3, -0.25) is 14.5 Å². The minimum atomic E-state index is -0.318. The van der Waals surface area contributed by atoms with E-state index in [9.17, 15) is 9.59 Å². The molecule has 138 valence electrons. The summed E-state index contributed by atoms with van der Waals surface area (Å²) >= 11 is 0. The molecule has 1 aliphatic rings. The molecule has 3 rings (SSSR count). The third kappa shape index (κ3) is 4.32. The van der Waals surface area contributed by atoms with Crippen LogP contribution < -0.4 is 15.6 Å². The minimum Gasteiger partial charge on any atom is -0.369 e. The summed E-state index contributed by atoms with van der Waals surface area (Å²) < 4.78 is 0. The number of H-pyrrole nitrogens is 1. The number of rotatable bonds is 5. The largest absolute Gasteiger partial charge is 0.369 e. The van der Waals surface area contributed by atoms with Gasteiger partial charge < -0.3 is 15.2 Å². The number of nitrogens with one attached hydrogen (secondary N) is 2. The summed E-state index contributed by atoms with van der Waals surface area (Å²) in [5.41, 5.74) is 1.92. The summed E-state index contributed by atoms with van der Waals surface area (Å²) in [5, 5.41) is 2.88. The van der Waals surface area contributed by atoms with Crippen LogP contribution in [-0.2, 0) is 0 Å². The number of piperazine rings is 1. The van der Waals surface area contributed by atoms with E-state index in [4.69, 9.17) is 0 Å². The van der Waals surface area contributed by atoms with Crippen LogP contribution in [0.2, 0.25) is 0 Å². The molecule has 1 fully saturated rings. The first-order chi connectivity index (χ1) is 12.5. The van der Waals surface area contributed by atoms with Gasteiger partial charge in [0.25, 0.3) is 5.91 Å². The van der Waals surface area contributed by atoms with Gasteiger partial charge in [-0.05, 0) is 26.0 Å². The standard InChI is InChI=1S/C20H26N4O2/c1-15-12-19(25)18(14-21-15)20(26)22-13-16(2)23-8-10-24(11-9-23)17-6-4-3-5-7-17/h3-7,12,14,16H,8-11,13H2,1-2H3,(H,21,25)(H,22,26). The first-order valence-electron chi connectivity index (χ1n) is 9.06. The summed E-state index contributed by atoms with van der Waals surface area (Å²) in [5.74, 6) is -0.318. The molecule has 1 unspecified atom stereocenters. The number of amides is 1. The van der Waals surface area contributed by atoms with E-state index in [2.05, 4.69) is 51.3 Å². The molecule has 6 heteroatoms. The van der Waals surface area contributed by atoms with E-state index in [0.29, 0.717) is 6.54 Å². The van der Waals surface area contributed by atoms with Crippen LogP contribution in [0, 0.1) is 6.92 Å². The van der Waals surface area contributed by atoms with Crippen molar-refractivity contribution in [2.24, 2.45) is 0 Å². The maximum Gasteiger partial charge on any atom is 0.256 e. The molecule has 1 aliphatic heterocycles. The van der Waals surface area contributed by atoms with Crippen molar-refractivity contribution in [2.75, 3.05) is 37.6 Å². The summed E-state index contributed by atoms with van der Waals surface area (Å²) in [7, 11) is 0. The second-order valence-electron chi connectivity index (χ2n) is 6.81. The lowest BCUT2D eigenvalue weighted by atomic mass is 10.2. The number of benzene rings is 1. The number of aromatic nitrogens is 1. The first kappa shape index (κ1) is 18.2. The number of hydrogen-bond donors (Lipinski definition) is 2. The third-order valence-corrected chi connectivity index (χ3v) is 4.92. The van der Waals surface area contributed by atoms with Crippen molar-refractivity contribution in [2.45, 2.75) is 19.9 Å². The number of anilines is 1. The normalized spacial score (nSPS) is 16.3. The summed E-state index contributed by atoms with van der Waals surface area (Å²) in [6.45, 7) is 8.28. The first-order valence-corrected chi connectivity index (χ1v) is 9.06. The Kier molecular flexibility index (Phi) is 5.73. The molecule has 1 aromatic heterocycles. The highest BCUT2D eigenvalue weighted by Gasteiger charge is 2.22. The van der Waals surface area contributed by atoms with Gasteiger partial charge >= 0.3 is 0 Å². The zero-order valence-electron chi connectivity index (χ0n) is 15.4. The highest BCUT2D eigenvalue weighted by Crippen LogP contribution is 2.16. The Labute approximate surface area is 153 Å². The number of nitrogens with zero attached hydrogens (tertiary/aromatic N) is 2. The van der Waals surface area contributed by atoms with Crippen LogP contribution >= 0.6 is 0 Å². The molecule has 2 heterocycles. The van der Waals surface area contributed by atoms with Crippen LogP contribution in [0.1, 0.15) is 23.0 Å². The lowest BCUT2D eigenvalue weighted by Crippen LogP contribution is -2.52. The Morgan fingerprint density at radius 2 is 1.88 bits per heavy atom. The van der Waals surface area contributed by atoms with Gasteiger partial charge in [0, 0.05) is 62.4 Å². The molecule has 2 aromatic rings. The number of aryl methyl sites for hydroxylation is 1. The van der Waals surface area contributed by atoms with Crippen LogP contribution in [0.15, 0.2) is 47.4 Å². The van der Waals surface area contributed by atoms with E-state index in [1.165, 1.54) is 18.0 Å². The van der Waals surface area contributed by atoms with Gasteiger partial charge in [0.15, 0.2) is 5.43 Å². The Balaban J connectivity index is 1.49. The fourth-order valence-corrected chi connectivity index (χ4v) is 3.28. The molecule has 1 amide bonds. The van der Waals surface area contributed by atoms with E-state index in [1.54, 1.807) is 6.92 Å². The predicted octanol–water partition coefficient (Wildman–Crippen LogP) is 1.62. The summed E-state index contributed by atoms with van der Waals surface area (Å²) in [4.78, 5) is 31.8. The molecule has 0 spiro atoms. The summed E-state index contributed by atoms with van der Waals surface area (Å²) in [6, 6.07) is 12.1. The van der Waals surface area contributed by atoms with Gasteiger partial charge in [0.1, 0.15) is 5.56 Å².